The Bertz CT molecular complexity index is 525. The first kappa shape index (κ1) is 13.5. The predicted molar refractivity (Wildman–Crippen MR) is 75.3 cm³/mol. The topological polar surface area (TPSA) is 42.2 Å². The van der Waals surface area contributed by atoms with Gasteiger partial charge in [0.15, 0.2) is 0 Å². The quantitative estimate of drug-likeness (QED) is 0.897. The lowest BCUT2D eigenvalue weighted by Crippen LogP contribution is -2.23. The molecule has 2 rings (SSSR count). The number of rotatable bonds is 5. The molecule has 0 aliphatic rings. The van der Waals surface area contributed by atoms with Crippen LogP contribution in [-0.4, -0.2) is 11.5 Å². The first-order chi connectivity index (χ1) is 9.24. The van der Waals surface area contributed by atoms with Crippen LogP contribution in [0.1, 0.15) is 18.2 Å². The highest BCUT2D eigenvalue weighted by Gasteiger charge is 2.08. The summed E-state index contributed by atoms with van der Waals surface area (Å²) < 4.78 is 13.0. The second kappa shape index (κ2) is 6.29. The zero-order chi connectivity index (χ0) is 13.7. The summed E-state index contributed by atoms with van der Waals surface area (Å²) in [7, 11) is 0. The third-order valence-corrected chi connectivity index (χ3v) is 3.11. The largest absolute Gasteiger partial charge is 0.367 e. The average Bonchev–Trinajstić information content (AvgIpc) is 2.46. The average molecular weight is 259 g/mol. The van der Waals surface area contributed by atoms with Gasteiger partial charge in [0.2, 0.25) is 0 Å². The lowest BCUT2D eigenvalue weighted by Gasteiger charge is -2.24. The van der Waals surface area contributed by atoms with Crippen LogP contribution in [0, 0.1) is 5.82 Å². The summed E-state index contributed by atoms with van der Waals surface area (Å²) in [5.41, 5.74) is 8.70. The van der Waals surface area contributed by atoms with Crippen molar-refractivity contribution >= 4 is 5.69 Å². The number of benzene rings is 1. The molecule has 1 aromatic heterocycles. The first-order valence-electron chi connectivity index (χ1n) is 6.38. The van der Waals surface area contributed by atoms with Gasteiger partial charge in [0, 0.05) is 31.5 Å². The van der Waals surface area contributed by atoms with Crippen molar-refractivity contribution in [1.82, 2.24) is 4.98 Å². The maximum absolute atomic E-state index is 13.0. The van der Waals surface area contributed by atoms with Crippen molar-refractivity contribution in [3.8, 4) is 0 Å². The molecular weight excluding hydrogens is 241 g/mol. The number of halogens is 1. The van der Waals surface area contributed by atoms with Crippen LogP contribution >= 0.6 is 0 Å². The van der Waals surface area contributed by atoms with Crippen LogP contribution in [0.3, 0.4) is 0 Å². The van der Waals surface area contributed by atoms with Gasteiger partial charge < -0.3 is 10.6 Å². The van der Waals surface area contributed by atoms with Crippen molar-refractivity contribution in [2.45, 2.75) is 20.0 Å². The van der Waals surface area contributed by atoms with Crippen molar-refractivity contribution in [1.29, 1.82) is 0 Å². The zero-order valence-electron chi connectivity index (χ0n) is 11.0. The third-order valence-electron chi connectivity index (χ3n) is 3.11. The number of aromatic nitrogens is 1. The standard InChI is InChI=1S/C15H18FN3/c1-2-19(14-7-5-13(16)6-8-14)11-12-4-3-9-18-15(12)10-17/h3-9H,2,10-11,17H2,1H3. The Labute approximate surface area is 112 Å². The smallest absolute Gasteiger partial charge is 0.123 e. The summed E-state index contributed by atoms with van der Waals surface area (Å²) >= 11 is 0. The normalized spacial score (nSPS) is 10.5. The predicted octanol–water partition coefficient (Wildman–Crippen LogP) is 2.71. The fourth-order valence-electron chi connectivity index (χ4n) is 2.04. The van der Waals surface area contributed by atoms with Gasteiger partial charge in [-0.05, 0) is 42.8 Å². The Kier molecular flexibility index (Phi) is 4.47. The summed E-state index contributed by atoms with van der Waals surface area (Å²) in [5.74, 6) is -0.219. The van der Waals surface area contributed by atoms with E-state index in [0.29, 0.717) is 6.54 Å². The van der Waals surface area contributed by atoms with Crippen LogP contribution in [0.15, 0.2) is 42.6 Å². The highest BCUT2D eigenvalue weighted by Crippen LogP contribution is 2.18. The molecule has 0 radical (unpaired) electrons. The Hall–Kier alpha value is -1.94. The van der Waals surface area contributed by atoms with E-state index in [0.717, 1.165) is 30.0 Å². The second-order valence-electron chi connectivity index (χ2n) is 4.30. The maximum atomic E-state index is 13.0. The molecule has 3 nitrogen and oxygen atoms in total. The molecule has 0 aliphatic carbocycles. The summed E-state index contributed by atoms with van der Waals surface area (Å²) in [6.07, 6.45) is 1.75. The van der Waals surface area contributed by atoms with Crippen molar-refractivity contribution in [3.05, 3.63) is 59.7 Å². The molecule has 0 aliphatic heterocycles. The van der Waals surface area contributed by atoms with E-state index in [1.165, 1.54) is 12.1 Å². The Morgan fingerprint density at radius 2 is 1.95 bits per heavy atom. The summed E-state index contributed by atoms with van der Waals surface area (Å²) in [5, 5.41) is 0. The zero-order valence-corrected chi connectivity index (χ0v) is 11.0. The van der Waals surface area contributed by atoms with Crippen molar-refractivity contribution in [3.63, 3.8) is 0 Å². The van der Waals surface area contributed by atoms with Gasteiger partial charge in [0.1, 0.15) is 5.82 Å². The molecule has 0 unspecified atom stereocenters. The molecule has 0 fully saturated rings. The number of hydrogen-bond acceptors (Lipinski definition) is 3. The molecule has 0 amide bonds. The van der Waals surface area contributed by atoms with Crippen molar-refractivity contribution in [2.24, 2.45) is 5.73 Å². The first-order valence-corrected chi connectivity index (χ1v) is 6.38. The molecule has 4 heteroatoms. The van der Waals surface area contributed by atoms with Crippen LogP contribution < -0.4 is 10.6 Å². The molecule has 100 valence electrons. The van der Waals surface area contributed by atoms with Crippen LogP contribution in [0.2, 0.25) is 0 Å². The summed E-state index contributed by atoms with van der Waals surface area (Å²) in [6, 6.07) is 10.5. The number of nitrogens with two attached hydrogens (primary N) is 1. The van der Waals surface area contributed by atoms with Gasteiger partial charge in [-0.15, -0.1) is 0 Å². The van der Waals surface area contributed by atoms with Gasteiger partial charge in [0.05, 0.1) is 5.69 Å². The minimum atomic E-state index is -0.219. The summed E-state index contributed by atoms with van der Waals surface area (Å²) in [4.78, 5) is 6.44. The molecule has 0 atom stereocenters. The van der Waals surface area contributed by atoms with Crippen molar-refractivity contribution < 1.29 is 4.39 Å². The number of pyridine rings is 1. The molecule has 1 aromatic carbocycles. The second-order valence-corrected chi connectivity index (χ2v) is 4.30. The molecule has 0 bridgehead atoms. The van der Waals surface area contributed by atoms with E-state index in [2.05, 4.69) is 16.8 Å². The van der Waals surface area contributed by atoms with Gasteiger partial charge in [-0.25, -0.2) is 4.39 Å². The Morgan fingerprint density at radius 3 is 2.58 bits per heavy atom. The van der Waals surface area contributed by atoms with Gasteiger partial charge >= 0.3 is 0 Å². The van der Waals surface area contributed by atoms with Gasteiger partial charge in [-0.2, -0.15) is 0 Å². The lowest BCUT2D eigenvalue weighted by molar-refractivity contribution is 0.627. The highest BCUT2D eigenvalue weighted by atomic mass is 19.1. The van der Waals surface area contributed by atoms with E-state index in [1.807, 2.05) is 12.1 Å². The fraction of sp³-hybridized carbons (Fsp3) is 0.267. The van der Waals surface area contributed by atoms with Crippen molar-refractivity contribution in [2.75, 3.05) is 11.4 Å². The molecular formula is C15H18FN3. The van der Waals surface area contributed by atoms with E-state index >= 15 is 0 Å². The van der Waals surface area contributed by atoms with Crippen LogP contribution in [-0.2, 0) is 13.1 Å². The number of hydrogen-bond donors (Lipinski definition) is 1. The third kappa shape index (κ3) is 3.29. The van der Waals surface area contributed by atoms with Gasteiger partial charge in [-0.1, -0.05) is 6.07 Å². The monoisotopic (exact) mass is 259 g/mol. The minimum Gasteiger partial charge on any atom is -0.367 e. The van der Waals surface area contributed by atoms with E-state index in [4.69, 9.17) is 5.73 Å². The Balaban J connectivity index is 2.21. The van der Waals surface area contributed by atoms with Crippen LogP contribution in [0.25, 0.3) is 0 Å². The molecule has 1 heterocycles. The molecule has 0 spiro atoms. The Morgan fingerprint density at radius 1 is 1.21 bits per heavy atom. The molecule has 0 saturated heterocycles. The summed E-state index contributed by atoms with van der Waals surface area (Å²) in [6.45, 7) is 4.06. The molecule has 0 saturated carbocycles. The van der Waals surface area contributed by atoms with Gasteiger partial charge in [-0.3, -0.25) is 4.98 Å². The van der Waals surface area contributed by atoms with Crippen LogP contribution in [0.5, 0.6) is 0 Å². The fourth-order valence-corrected chi connectivity index (χ4v) is 2.04. The maximum Gasteiger partial charge on any atom is 0.123 e. The van der Waals surface area contributed by atoms with Gasteiger partial charge in [0.25, 0.3) is 0 Å². The number of nitrogens with zero attached hydrogens (tertiary/aromatic N) is 2. The SMILES string of the molecule is CCN(Cc1cccnc1CN)c1ccc(F)cc1. The van der Waals surface area contributed by atoms with Crippen LogP contribution in [0.4, 0.5) is 10.1 Å². The van der Waals surface area contributed by atoms with E-state index < -0.39 is 0 Å². The van der Waals surface area contributed by atoms with E-state index in [1.54, 1.807) is 18.3 Å². The molecule has 2 aromatic rings. The minimum absolute atomic E-state index is 0.219. The van der Waals surface area contributed by atoms with E-state index in [9.17, 15) is 4.39 Å². The lowest BCUT2D eigenvalue weighted by atomic mass is 10.1. The highest BCUT2D eigenvalue weighted by molar-refractivity contribution is 5.47. The molecule has 2 N–H and O–H groups in total. The number of anilines is 1. The molecule has 19 heavy (non-hydrogen) atoms. The van der Waals surface area contributed by atoms with E-state index in [-0.39, 0.29) is 5.82 Å².